The molecule has 0 atom stereocenters. The van der Waals surface area contributed by atoms with Crippen LogP contribution in [0.15, 0.2) is 115 Å². The SMILES string of the molecule is N#C/C(=C(/C=C(/CC(=O)c1ccccc1)c1ccc(Cl)cc1)c1ccccc1)c1ccc([N+](=O)[O-])cc1. The zero-order valence-electron chi connectivity index (χ0n) is 19.7. The number of carbonyl (C=O) groups excluding carboxylic acids is 1. The second kappa shape index (κ2) is 11.8. The summed E-state index contributed by atoms with van der Waals surface area (Å²) in [6.07, 6.45) is 1.94. The van der Waals surface area contributed by atoms with Crippen molar-refractivity contribution >= 4 is 39.8 Å². The van der Waals surface area contributed by atoms with Gasteiger partial charge in [-0.15, -0.1) is 0 Å². The number of hydrogen-bond acceptors (Lipinski definition) is 4. The van der Waals surface area contributed by atoms with Crippen LogP contribution < -0.4 is 0 Å². The average Bonchev–Trinajstić information content (AvgIpc) is 2.94. The largest absolute Gasteiger partial charge is 0.294 e. The maximum Gasteiger partial charge on any atom is 0.269 e. The van der Waals surface area contributed by atoms with Crippen LogP contribution >= 0.6 is 11.6 Å². The summed E-state index contributed by atoms with van der Waals surface area (Å²) in [6.45, 7) is 0. The van der Waals surface area contributed by atoms with E-state index in [1.165, 1.54) is 12.1 Å². The highest BCUT2D eigenvalue weighted by Gasteiger charge is 2.16. The highest BCUT2D eigenvalue weighted by molar-refractivity contribution is 6.30. The number of nitrogens with zero attached hydrogens (tertiary/aromatic N) is 2. The third-order valence-corrected chi connectivity index (χ3v) is 6.07. The fraction of sp³-hybridized carbons (Fsp3) is 0.0323. The molecule has 0 aliphatic carbocycles. The van der Waals surface area contributed by atoms with E-state index in [1.807, 2.05) is 66.7 Å². The van der Waals surface area contributed by atoms with Gasteiger partial charge >= 0.3 is 0 Å². The number of benzene rings is 4. The summed E-state index contributed by atoms with van der Waals surface area (Å²) in [7, 11) is 0. The van der Waals surface area contributed by atoms with Crippen LogP contribution in [0.4, 0.5) is 5.69 Å². The van der Waals surface area contributed by atoms with Gasteiger partial charge in [0.15, 0.2) is 5.78 Å². The maximum absolute atomic E-state index is 13.2. The van der Waals surface area contributed by atoms with Crippen molar-refractivity contribution in [2.24, 2.45) is 0 Å². The number of rotatable bonds is 8. The number of halogens is 1. The Balaban J connectivity index is 1.91. The number of Topliss-reactive ketones (excluding diaryl/α,β-unsaturated/α-hetero) is 1. The molecule has 180 valence electrons. The van der Waals surface area contributed by atoms with Gasteiger partial charge in [0.05, 0.1) is 10.5 Å². The molecule has 0 aromatic heterocycles. The lowest BCUT2D eigenvalue weighted by Gasteiger charge is -2.13. The maximum atomic E-state index is 13.2. The summed E-state index contributed by atoms with van der Waals surface area (Å²) in [5.41, 5.74) is 4.27. The van der Waals surface area contributed by atoms with E-state index in [4.69, 9.17) is 11.6 Å². The van der Waals surface area contributed by atoms with E-state index >= 15 is 0 Å². The van der Waals surface area contributed by atoms with Crippen molar-refractivity contribution in [3.8, 4) is 6.07 Å². The first-order valence-corrected chi connectivity index (χ1v) is 11.8. The predicted molar refractivity (Wildman–Crippen MR) is 147 cm³/mol. The van der Waals surface area contributed by atoms with Crippen molar-refractivity contribution in [2.75, 3.05) is 0 Å². The third kappa shape index (κ3) is 6.26. The Labute approximate surface area is 219 Å². The first-order valence-electron chi connectivity index (χ1n) is 11.5. The summed E-state index contributed by atoms with van der Waals surface area (Å²) in [5, 5.41) is 21.9. The molecule has 0 bridgehead atoms. The van der Waals surface area contributed by atoms with Crippen LogP contribution in [-0.4, -0.2) is 10.7 Å². The van der Waals surface area contributed by atoms with Crippen LogP contribution in [0.3, 0.4) is 0 Å². The molecule has 0 amide bonds. The number of carbonyl (C=O) groups is 1. The number of ketones is 1. The zero-order valence-corrected chi connectivity index (χ0v) is 20.4. The van der Waals surface area contributed by atoms with Gasteiger partial charge in [0.2, 0.25) is 0 Å². The van der Waals surface area contributed by atoms with E-state index in [9.17, 15) is 20.2 Å². The minimum atomic E-state index is -0.481. The Kier molecular flexibility index (Phi) is 8.05. The highest BCUT2D eigenvalue weighted by atomic mass is 35.5. The molecule has 4 rings (SSSR count). The average molecular weight is 505 g/mol. The normalized spacial score (nSPS) is 11.8. The van der Waals surface area contributed by atoms with Crippen LogP contribution in [0.1, 0.15) is 33.5 Å². The molecule has 5 nitrogen and oxygen atoms in total. The molecule has 4 aromatic carbocycles. The van der Waals surface area contributed by atoms with Gasteiger partial charge in [-0.25, -0.2) is 0 Å². The quantitative estimate of drug-likeness (QED) is 0.0606. The molecular formula is C31H21ClN2O3. The topological polar surface area (TPSA) is 84.0 Å². The molecule has 0 radical (unpaired) electrons. The summed E-state index contributed by atoms with van der Waals surface area (Å²) in [5.74, 6) is -0.0666. The Bertz CT molecular complexity index is 1520. The van der Waals surface area contributed by atoms with Crippen molar-refractivity contribution in [1.29, 1.82) is 5.26 Å². The third-order valence-electron chi connectivity index (χ3n) is 5.81. The van der Waals surface area contributed by atoms with Gasteiger partial charge in [0.1, 0.15) is 6.07 Å². The summed E-state index contributed by atoms with van der Waals surface area (Å²) < 4.78 is 0. The van der Waals surface area contributed by atoms with Crippen molar-refractivity contribution in [3.63, 3.8) is 0 Å². The molecule has 0 fully saturated rings. The first-order chi connectivity index (χ1) is 18.0. The van der Waals surface area contributed by atoms with Crippen LogP contribution in [0.25, 0.3) is 16.7 Å². The summed E-state index contributed by atoms with van der Waals surface area (Å²) in [6, 6.07) is 33.7. The summed E-state index contributed by atoms with van der Waals surface area (Å²) in [4.78, 5) is 23.9. The Morgan fingerprint density at radius 2 is 1.32 bits per heavy atom. The highest BCUT2D eigenvalue weighted by Crippen LogP contribution is 2.33. The fourth-order valence-corrected chi connectivity index (χ4v) is 4.05. The van der Waals surface area contributed by atoms with Gasteiger partial charge in [0.25, 0.3) is 5.69 Å². The number of nitro groups is 1. The standard InChI is InChI=1S/C31H21ClN2O3/c32-27-15-11-22(12-16-27)26(20-31(35)25-9-5-2-6-10-25)19-29(23-7-3-1-4-8-23)30(21-33)24-13-17-28(18-14-24)34(36)37/h1-19H,20H2/b26-19-,30-29+. The van der Waals surface area contributed by atoms with Gasteiger partial charge in [-0.2, -0.15) is 5.26 Å². The molecule has 0 heterocycles. The molecule has 0 N–H and O–H groups in total. The minimum Gasteiger partial charge on any atom is -0.294 e. The van der Waals surface area contributed by atoms with E-state index in [-0.39, 0.29) is 17.9 Å². The first kappa shape index (κ1) is 25.3. The number of non-ortho nitro benzene ring substituents is 1. The van der Waals surface area contributed by atoms with Crippen LogP contribution in [0, 0.1) is 21.4 Å². The molecule has 37 heavy (non-hydrogen) atoms. The Morgan fingerprint density at radius 1 is 0.784 bits per heavy atom. The molecule has 4 aromatic rings. The Hall–Kier alpha value is -4.79. The lowest BCUT2D eigenvalue weighted by molar-refractivity contribution is -0.384. The van der Waals surface area contributed by atoms with Gasteiger partial charge in [0, 0.05) is 34.7 Å². The van der Waals surface area contributed by atoms with Crippen molar-refractivity contribution in [1.82, 2.24) is 0 Å². The molecule has 0 aliphatic heterocycles. The van der Waals surface area contributed by atoms with Gasteiger partial charge in [-0.3, -0.25) is 14.9 Å². The van der Waals surface area contributed by atoms with Crippen molar-refractivity contribution in [3.05, 3.63) is 153 Å². The minimum absolute atomic E-state index is 0.0619. The molecule has 0 spiro atoms. The number of allylic oxidation sites excluding steroid dienone is 4. The number of nitro benzene ring substituents is 1. The smallest absolute Gasteiger partial charge is 0.269 e. The van der Waals surface area contributed by atoms with E-state index in [2.05, 4.69) is 6.07 Å². The van der Waals surface area contributed by atoms with Crippen molar-refractivity contribution < 1.29 is 9.72 Å². The molecular weight excluding hydrogens is 484 g/mol. The van der Waals surface area contributed by atoms with E-state index in [1.54, 1.807) is 36.4 Å². The molecule has 6 heteroatoms. The van der Waals surface area contributed by atoms with Gasteiger partial charge in [-0.05, 0) is 52.6 Å². The predicted octanol–water partition coefficient (Wildman–Crippen LogP) is 8.04. The zero-order chi connectivity index (χ0) is 26.2. The van der Waals surface area contributed by atoms with Gasteiger partial charge in [-0.1, -0.05) is 84.4 Å². The monoisotopic (exact) mass is 504 g/mol. The molecule has 0 aliphatic rings. The Morgan fingerprint density at radius 3 is 1.86 bits per heavy atom. The number of nitriles is 1. The van der Waals surface area contributed by atoms with Gasteiger partial charge < -0.3 is 0 Å². The van der Waals surface area contributed by atoms with E-state index < -0.39 is 4.92 Å². The van der Waals surface area contributed by atoms with E-state index in [0.717, 1.165) is 11.1 Å². The lowest BCUT2D eigenvalue weighted by Crippen LogP contribution is -2.01. The lowest BCUT2D eigenvalue weighted by atomic mass is 9.90. The van der Waals surface area contributed by atoms with Crippen LogP contribution in [-0.2, 0) is 0 Å². The second-order valence-electron chi connectivity index (χ2n) is 8.21. The molecule has 0 saturated carbocycles. The van der Waals surface area contributed by atoms with Crippen LogP contribution in [0.5, 0.6) is 0 Å². The molecule has 0 saturated heterocycles. The fourth-order valence-electron chi connectivity index (χ4n) is 3.92. The van der Waals surface area contributed by atoms with Crippen molar-refractivity contribution in [2.45, 2.75) is 6.42 Å². The van der Waals surface area contributed by atoms with Crippen LogP contribution in [0.2, 0.25) is 5.02 Å². The summed E-state index contributed by atoms with van der Waals surface area (Å²) >= 11 is 6.12. The molecule has 0 unspecified atom stereocenters. The number of hydrogen-bond donors (Lipinski definition) is 0. The van der Waals surface area contributed by atoms with E-state index in [0.29, 0.717) is 32.9 Å². The second-order valence-corrected chi connectivity index (χ2v) is 8.65.